The molecule has 7 nitrogen and oxygen atoms in total. The summed E-state index contributed by atoms with van der Waals surface area (Å²) in [6, 6.07) is 8.38. The number of carbonyl (C=O) groups is 1. The fraction of sp³-hybridized carbons (Fsp3) is 0.435. The van der Waals surface area contributed by atoms with E-state index in [0.717, 1.165) is 38.5 Å². The van der Waals surface area contributed by atoms with Gasteiger partial charge in [-0.15, -0.1) is 0 Å². The average molecular weight is 406 g/mol. The Labute approximate surface area is 175 Å². The first-order valence-corrected chi connectivity index (χ1v) is 10.8. The molecule has 156 valence electrons. The fourth-order valence-corrected chi connectivity index (χ4v) is 4.79. The van der Waals surface area contributed by atoms with Crippen molar-refractivity contribution in [2.45, 2.75) is 38.1 Å². The highest BCUT2D eigenvalue weighted by molar-refractivity contribution is 6.03. The maximum Gasteiger partial charge on any atom is 0.251 e. The zero-order valence-electron chi connectivity index (χ0n) is 17.1. The predicted octanol–water partition coefficient (Wildman–Crippen LogP) is 3.01. The van der Waals surface area contributed by atoms with Crippen molar-refractivity contribution in [3.8, 4) is 5.69 Å². The molecule has 1 aromatic carbocycles. The van der Waals surface area contributed by atoms with Gasteiger partial charge in [0.25, 0.3) is 5.91 Å². The molecule has 0 spiro atoms. The molecule has 0 unspecified atom stereocenters. The highest BCUT2D eigenvalue weighted by Crippen LogP contribution is 2.38. The number of hydrogen-bond donors (Lipinski definition) is 1. The van der Waals surface area contributed by atoms with Gasteiger partial charge in [0.2, 0.25) is 0 Å². The van der Waals surface area contributed by atoms with Gasteiger partial charge in [0.05, 0.1) is 24.5 Å². The summed E-state index contributed by atoms with van der Waals surface area (Å²) in [4.78, 5) is 23.2. The number of carbonyl (C=O) groups excluding carboxylic acids is 1. The summed E-state index contributed by atoms with van der Waals surface area (Å²) in [6.45, 7) is 4.52. The lowest BCUT2D eigenvalue weighted by molar-refractivity contribution is 0.0342. The summed E-state index contributed by atoms with van der Waals surface area (Å²) in [6.07, 6.45) is 8.35. The zero-order chi connectivity index (χ0) is 20.5. The molecule has 2 fully saturated rings. The van der Waals surface area contributed by atoms with Gasteiger partial charge >= 0.3 is 0 Å². The third kappa shape index (κ3) is 3.59. The van der Waals surface area contributed by atoms with E-state index in [9.17, 15) is 4.79 Å². The maximum absolute atomic E-state index is 11.8. The Balaban J connectivity index is 1.56. The highest BCUT2D eigenvalue weighted by atomic mass is 16.5. The molecule has 0 bridgehead atoms. The number of benzene rings is 1. The quantitative estimate of drug-likeness (QED) is 0.705. The van der Waals surface area contributed by atoms with E-state index in [4.69, 9.17) is 10.5 Å². The predicted molar refractivity (Wildman–Crippen MR) is 115 cm³/mol. The molecule has 2 aliphatic rings. The Morgan fingerprint density at radius 3 is 2.70 bits per heavy atom. The Bertz CT molecular complexity index is 1060. The topological polar surface area (TPSA) is 86.3 Å². The largest absolute Gasteiger partial charge is 0.379 e. The number of morpholine rings is 1. The second-order valence-corrected chi connectivity index (χ2v) is 8.27. The summed E-state index contributed by atoms with van der Waals surface area (Å²) < 4.78 is 7.49. The van der Waals surface area contributed by atoms with Crippen LogP contribution in [0, 0.1) is 0 Å². The van der Waals surface area contributed by atoms with Gasteiger partial charge in [0.1, 0.15) is 11.8 Å². The number of amides is 1. The minimum absolute atomic E-state index is 0.408. The van der Waals surface area contributed by atoms with Gasteiger partial charge in [-0.3, -0.25) is 14.3 Å². The van der Waals surface area contributed by atoms with Crippen LogP contribution in [-0.2, 0) is 11.3 Å². The standard InChI is InChI=1S/C23H27N5O2/c24-22(29)18-7-8-25-23-21(18)26-15-28(23)20-6-5-16(14-27-9-11-30-12-10-27)13-19(20)17-3-1-2-4-17/h5-8,13,15,17H,1-4,9-12,14H2,(H2,24,29). The van der Waals surface area contributed by atoms with Gasteiger partial charge in [-0.25, -0.2) is 9.97 Å². The lowest BCUT2D eigenvalue weighted by atomic mass is 9.93. The van der Waals surface area contributed by atoms with Crippen molar-refractivity contribution in [2.75, 3.05) is 26.3 Å². The van der Waals surface area contributed by atoms with E-state index >= 15 is 0 Å². The van der Waals surface area contributed by atoms with Crippen LogP contribution in [-0.4, -0.2) is 51.6 Å². The number of ether oxygens (including phenoxy) is 1. The van der Waals surface area contributed by atoms with Crippen LogP contribution >= 0.6 is 0 Å². The van der Waals surface area contributed by atoms with Crippen molar-refractivity contribution >= 4 is 17.1 Å². The highest BCUT2D eigenvalue weighted by Gasteiger charge is 2.23. The van der Waals surface area contributed by atoms with Crippen molar-refractivity contribution in [3.63, 3.8) is 0 Å². The molecule has 5 rings (SSSR count). The van der Waals surface area contributed by atoms with Crippen LogP contribution in [0.3, 0.4) is 0 Å². The van der Waals surface area contributed by atoms with Crippen LogP contribution in [0.4, 0.5) is 0 Å². The molecule has 7 heteroatoms. The number of primary amides is 1. The van der Waals surface area contributed by atoms with Crippen LogP contribution in [0.1, 0.15) is 53.1 Å². The molecule has 2 N–H and O–H groups in total. The molecular formula is C23H27N5O2. The molecule has 3 heterocycles. The van der Waals surface area contributed by atoms with Crippen LogP contribution in [0.5, 0.6) is 0 Å². The van der Waals surface area contributed by atoms with Gasteiger partial charge in [-0.05, 0) is 42.0 Å². The minimum atomic E-state index is -0.482. The van der Waals surface area contributed by atoms with Crippen molar-refractivity contribution in [2.24, 2.45) is 5.73 Å². The van der Waals surface area contributed by atoms with E-state index in [1.54, 1.807) is 18.6 Å². The number of hydrogen-bond acceptors (Lipinski definition) is 5. The number of rotatable bonds is 5. The van der Waals surface area contributed by atoms with Crippen LogP contribution in [0.15, 0.2) is 36.8 Å². The van der Waals surface area contributed by atoms with E-state index in [-0.39, 0.29) is 0 Å². The smallest absolute Gasteiger partial charge is 0.251 e. The lowest BCUT2D eigenvalue weighted by Gasteiger charge is -2.27. The van der Waals surface area contributed by atoms with Crippen molar-refractivity contribution < 1.29 is 9.53 Å². The summed E-state index contributed by atoms with van der Waals surface area (Å²) in [5.41, 5.74) is 11.0. The summed E-state index contributed by atoms with van der Waals surface area (Å²) in [5, 5.41) is 0. The van der Waals surface area contributed by atoms with Crippen LogP contribution < -0.4 is 5.73 Å². The molecule has 1 aliphatic carbocycles. The molecule has 30 heavy (non-hydrogen) atoms. The van der Waals surface area contributed by atoms with Crippen molar-refractivity contribution in [1.82, 2.24) is 19.4 Å². The molecule has 1 aliphatic heterocycles. The van der Waals surface area contributed by atoms with Crippen molar-refractivity contribution in [1.29, 1.82) is 0 Å². The molecule has 1 amide bonds. The lowest BCUT2D eigenvalue weighted by Crippen LogP contribution is -2.35. The number of imidazole rings is 1. The minimum Gasteiger partial charge on any atom is -0.379 e. The molecule has 0 radical (unpaired) electrons. The fourth-order valence-electron chi connectivity index (χ4n) is 4.79. The van der Waals surface area contributed by atoms with Gasteiger partial charge in [-0.1, -0.05) is 25.0 Å². The normalized spacial score (nSPS) is 18.3. The SMILES string of the molecule is NC(=O)c1ccnc2c1ncn2-c1ccc(CN2CCOCC2)cc1C1CCCC1. The van der Waals surface area contributed by atoms with E-state index in [0.29, 0.717) is 22.6 Å². The molecule has 1 saturated heterocycles. The Morgan fingerprint density at radius 1 is 1.13 bits per heavy atom. The van der Waals surface area contributed by atoms with Gasteiger partial charge in [0, 0.05) is 25.8 Å². The number of fused-ring (bicyclic) bond motifs is 1. The second-order valence-electron chi connectivity index (χ2n) is 8.27. The molecular weight excluding hydrogens is 378 g/mol. The number of nitrogens with two attached hydrogens (primary N) is 1. The average Bonchev–Trinajstić information content (AvgIpc) is 3.44. The van der Waals surface area contributed by atoms with E-state index in [1.807, 2.05) is 4.57 Å². The summed E-state index contributed by atoms with van der Waals surface area (Å²) >= 11 is 0. The summed E-state index contributed by atoms with van der Waals surface area (Å²) in [7, 11) is 0. The monoisotopic (exact) mass is 405 g/mol. The van der Waals surface area contributed by atoms with Crippen LogP contribution in [0.25, 0.3) is 16.9 Å². The number of aromatic nitrogens is 3. The van der Waals surface area contributed by atoms with E-state index in [2.05, 4.69) is 33.1 Å². The first-order chi connectivity index (χ1) is 14.7. The Morgan fingerprint density at radius 2 is 1.93 bits per heavy atom. The second kappa shape index (κ2) is 8.16. The van der Waals surface area contributed by atoms with Crippen LogP contribution in [0.2, 0.25) is 0 Å². The molecule has 0 atom stereocenters. The number of nitrogens with zero attached hydrogens (tertiary/aromatic N) is 4. The van der Waals surface area contributed by atoms with Gasteiger partial charge in [0.15, 0.2) is 5.65 Å². The molecule has 3 aromatic rings. The van der Waals surface area contributed by atoms with Gasteiger partial charge in [-0.2, -0.15) is 0 Å². The Hall–Kier alpha value is -2.77. The van der Waals surface area contributed by atoms with Crippen molar-refractivity contribution in [3.05, 3.63) is 53.5 Å². The first kappa shape index (κ1) is 19.2. The Kier molecular flexibility index (Phi) is 5.23. The maximum atomic E-state index is 11.8. The van der Waals surface area contributed by atoms with Gasteiger partial charge < -0.3 is 10.5 Å². The third-order valence-corrected chi connectivity index (χ3v) is 6.36. The molecule has 2 aromatic heterocycles. The molecule has 1 saturated carbocycles. The van der Waals surface area contributed by atoms with E-state index < -0.39 is 5.91 Å². The summed E-state index contributed by atoms with van der Waals surface area (Å²) in [5.74, 6) is 0.0611. The first-order valence-electron chi connectivity index (χ1n) is 10.8. The third-order valence-electron chi connectivity index (χ3n) is 6.36. The zero-order valence-corrected chi connectivity index (χ0v) is 17.1. The number of pyridine rings is 1. The van der Waals surface area contributed by atoms with E-state index in [1.165, 1.54) is 36.8 Å².